The summed E-state index contributed by atoms with van der Waals surface area (Å²) in [7, 11) is 1.80. The summed E-state index contributed by atoms with van der Waals surface area (Å²) in [5.74, 6) is 0. The third kappa shape index (κ3) is 1.56. The van der Waals surface area contributed by atoms with Crippen molar-refractivity contribution in [2.75, 3.05) is 0 Å². The van der Waals surface area contributed by atoms with Gasteiger partial charge in [0.05, 0.1) is 0 Å². The van der Waals surface area contributed by atoms with Gasteiger partial charge >= 0.3 is 0 Å². The molecule has 0 saturated heterocycles. The Kier molecular flexibility index (Phi) is 2.33. The number of hydrogen-bond donors (Lipinski definition) is 0. The quantitative estimate of drug-likeness (QED) is 0.640. The Morgan fingerprint density at radius 1 is 1.00 bits per heavy atom. The van der Waals surface area contributed by atoms with E-state index in [0.29, 0.717) is 5.52 Å². The second-order valence-electron chi connectivity index (χ2n) is 4.52. The molecule has 2 aromatic heterocycles. The summed E-state index contributed by atoms with van der Waals surface area (Å²) in [6.45, 7) is 1.93. The lowest BCUT2D eigenvalue weighted by Gasteiger charge is -2.03. The highest BCUT2D eigenvalue weighted by Crippen LogP contribution is 2.21. The van der Waals surface area contributed by atoms with Gasteiger partial charge in [-0.1, -0.05) is 30.3 Å². The molecule has 0 bridgehead atoms. The molecule has 3 rings (SSSR count). The van der Waals surface area contributed by atoms with E-state index >= 15 is 0 Å². The van der Waals surface area contributed by atoms with E-state index in [4.69, 9.17) is 0 Å². The van der Waals surface area contributed by atoms with Gasteiger partial charge in [-0.15, -0.1) is 0 Å². The summed E-state index contributed by atoms with van der Waals surface area (Å²) < 4.78 is 3.57. The van der Waals surface area contributed by atoms with Crippen molar-refractivity contribution < 1.29 is 0 Å². The summed E-state index contributed by atoms with van der Waals surface area (Å²) in [6, 6.07) is 12.0. The molecular weight excluding hydrogens is 224 g/mol. The van der Waals surface area contributed by atoms with Crippen LogP contribution in [0.25, 0.3) is 16.6 Å². The van der Waals surface area contributed by atoms with Gasteiger partial charge in [0.1, 0.15) is 5.52 Å². The third-order valence-corrected chi connectivity index (χ3v) is 3.33. The Labute approximate surface area is 105 Å². The fraction of sp³-hybridized carbons (Fsp3) is 0.133. The Balaban J connectivity index is 2.30. The van der Waals surface area contributed by atoms with Gasteiger partial charge in [-0.05, 0) is 18.6 Å². The molecule has 0 saturated carbocycles. The number of fused-ring (bicyclic) bond motifs is 1. The monoisotopic (exact) mass is 238 g/mol. The molecule has 0 aliphatic rings. The fourth-order valence-corrected chi connectivity index (χ4v) is 2.17. The van der Waals surface area contributed by atoms with Gasteiger partial charge in [-0.25, -0.2) is 0 Å². The average molecular weight is 238 g/mol. The molecule has 18 heavy (non-hydrogen) atoms. The van der Waals surface area contributed by atoms with Crippen molar-refractivity contribution in [3.63, 3.8) is 0 Å². The number of aromatic nitrogens is 2. The van der Waals surface area contributed by atoms with E-state index in [1.807, 2.05) is 60.1 Å². The Hall–Kier alpha value is -2.29. The minimum absolute atomic E-state index is 0.0391. The van der Waals surface area contributed by atoms with Crippen LogP contribution in [0.3, 0.4) is 0 Å². The number of benzene rings is 1. The topological polar surface area (TPSA) is 26.4 Å². The van der Waals surface area contributed by atoms with Crippen LogP contribution < -0.4 is 5.56 Å². The molecular formula is C15H14N2O. The Morgan fingerprint density at radius 2 is 1.72 bits per heavy atom. The lowest BCUT2D eigenvalue weighted by Crippen LogP contribution is -2.20. The van der Waals surface area contributed by atoms with E-state index in [9.17, 15) is 4.79 Å². The molecule has 1 aromatic carbocycles. The van der Waals surface area contributed by atoms with Crippen LogP contribution in [0, 0.1) is 6.92 Å². The van der Waals surface area contributed by atoms with E-state index < -0.39 is 0 Å². The van der Waals surface area contributed by atoms with E-state index in [1.54, 1.807) is 11.6 Å². The molecule has 3 heteroatoms. The average Bonchev–Trinajstić information content (AvgIpc) is 2.81. The van der Waals surface area contributed by atoms with Crippen LogP contribution in [0.5, 0.6) is 0 Å². The van der Waals surface area contributed by atoms with Crippen molar-refractivity contribution >= 4 is 5.52 Å². The zero-order valence-corrected chi connectivity index (χ0v) is 10.4. The molecule has 0 aliphatic carbocycles. The highest BCUT2D eigenvalue weighted by atomic mass is 16.1. The largest absolute Gasteiger partial charge is 0.317 e. The van der Waals surface area contributed by atoms with Gasteiger partial charge < -0.3 is 8.97 Å². The summed E-state index contributed by atoms with van der Waals surface area (Å²) >= 11 is 0. The zero-order chi connectivity index (χ0) is 12.7. The number of rotatable bonds is 1. The summed E-state index contributed by atoms with van der Waals surface area (Å²) in [5.41, 5.74) is 3.89. The van der Waals surface area contributed by atoms with Crippen molar-refractivity contribution in [1.29, 1.82) is 0 Å². The van der Waals surface area contributed by atoms with Crippen molar-refractivity contribution in [3.05, 3.63) is 64.8 Å². The lowest BCUT2D eigenvalue weighted by molar-refractivity contribution is 0.804. The molecule has 0 aliphatic heterocycles. The summed E-state index contributed by atoms with van der Waals surface area (Å²) in [6.07, 6.45) is 3.97. The smallest absolute Gasteiger partial charge is 0.274 e. The standard InChI is InChI=1S/C15H14N2O/c1-11-9-17-10-13(12-6-4-3-5-7-12)8-14(17)15(18)16(11)2/h3-10H,1-2H3. The predicted octanol–water partition coefficient (Wildman–Crippen LogP) is 2.61. The molecule has 0 radical (unpaired) electrons. The minimum atomic E-state index is 0.0391. The van der Waals surface area contributed by atoms with Crippen molar-refractivity contribution in [2.45, 2.75) is 6.92 Å². The van der Waals surface area contributed by atoms with Gasteiger partial charge in [0.15, 0.2) is 0 Å². The maximum Gasteiger partial charge on any atom is 0.274 e. The lowest BCUT2D eigenvalue weighted by atomic mass is 10.1. The van der Waals surface area contributed by atoms with Crippen molar-refractivity contribution in [2.24, 2.45) is 7.05 Å². The van der Waals surface area contributed by atoms with E-state index in [2.05, 4.69) is 0 Å². The fourth-order valence-electron chi connectivity index (χ4n) is 2.17. The van der Waals surface area contributed by atoms with E-state index in [-0.39, 0.29) is 5.56 Å². The van der Waals surface area contributed by atoms with E-state index in [1.165, 1.54) is 0 Å². The maximum absolute atomic E-state index is 12.1. The summed E-state index contributed by atoms with van der Waals surface area (Å²) in [5, 5.41) is 0. The first-order valence-corrected chi connectivity index (χ1v) is 5.90. The highest BCUT2D eigenvalue weighted by molar-refractivity contribution is 5.69. The molecule has 0 fully saturated rings. The third-order valence-electron chi connectivity index (χ3n) is 3.33. The molecule has 3 nitrogen and oxygen atoms in total. The van der Waals surface area contributed by atoms with Gasteiger partial charge in [0.25, 0.3) is 5.56 Å². The number of nitrogens with zero attached hydrogens (tertiary/aromatic N) is 2. The first-order chi connectivity index (χ1) is 8.66. The molecule has 0 unspecified atom stereocenters. The first kappa shape index (κ1) is 10.8. The normalized spacial score (nSPS) is 11.0. The van der Waals surface area contributed by atoms with Crippen LogP contribution in [0.4, 0.5) is 0 Å². The van der Waals surface area contributed by atoms with Crippen molar-refractivity contribution in [3.8, 4) is 11.1 Å². The van der Waals surface area contributed by atoms with Crippen LogP contribution in [0.2, 0.25) is 0 Å². The van der Waals surface area contributed by atoms with E-state index in [0.717, 1.165) is 16.8 Å². The van der Waals surface area contributed by atoms with Gasteiger partial charge in [-0.3, -0.25) is 4.79 Å². The molecule has 3 aromatic rings. The van der Waals surface area contributed by atoms with Crippen LogP contribution in [0.1, 0.15) is 5.69 Å². The zero-order valence-electron chi connectivity index (χ0n) is 10.4. The molecule has 0 amide bonds. The second kappa shape index (κ2) is 3.88. The number of hydrogen-bond acceptors (Lipinski definition) is 1. The van der Waals surface area contributed by atoms with Gasteiger partial charge in [0, 0.05) is 30.7 Å². The molecule has 0 N–H and O–H groups in total. The number of aryl methyl sites for hydroxylation is 1. The SMILES string of the molecule is Cc1cn2cc(-c3ccccc3)cc2c(=O)n1C. The van der Waals surface area contributed by atoms with Crippen molar-refractivity contribution in [1.82, 2.24) is 8.97 Å². The Bertz CT molecular complexity index is 766. The molecule has 0 atom stereocenters. The maximum atomic E-state index is 12.1. The Morgan fingerprint density at radius 3 is 2.44 bits per heavy atom. The predicted molar refractivity (Wildman–Crippen MR) is 72.8 cm³/mol. The van der Waals surface area contributed by atoms with Crippen LogP contribution in [-0.4, -0.2) is 8.97 Å². The van der Waals surface area contributed by atoms with Gasteiger partial charge in [-0.2, -0.15) is 0 Å². The highest BCUT2D eigenvalue weighted by Gasteiger charge is 2.07. The molecule has 0 spiro atoms. The van der Waals surface area contributed by atoms with Crippen LogP contribution in [-0.2, 0) is 7.05 Å². The van der Waals surface area contributed by atoms with Gasteiger partial charge in [0.2, 0.25) is 0 Å². The minimum Gasteiger partial charge on any atom is -0.317 e. The molecule has 2 heterocycles. The molecule has 90 valence electrons. The van der Waals surface area contributed by atoms with Crippen LogP contribution in [0.15, 0.2) is 53.6 Å². The first-order valence-electron chi connectivity index (χ1n) is 5.90. The second-order valence-corrected chi connectivity index (χ2v) is 4.52. The van der Waals surface area contributed by atoms with Crippen LogP contribution >= 0.6 is 0 Å². The summed E-state index contributed by atoms with van der Waals surface area (Å²) in [4.78, 5) is 12.1.